The number of nitrogens with zero attached hydrogens (tertiary/aromatic N) is 3. The summed E-state index contributed by atoms with van der Waals surface area (Å²) in [5.74, 6) is -0.526. The summed E-state index contributed by atoms with van der Waals surface area (Å²) in [6, 6.07) is 3.21. The fourth-order valence-corrected chi connectivity index (χ4v) is 2.55. The predicted molar refractivity (Wildman–Crippen MR) is 72.2 cm³/mol. The number of hydrogen-bond acceptors (Lipinski definition) is 5. The van der Waals surface area contributed by atoms with Gasteiger partial charge in [-0.15, -0.1) is 0 Å². The molecule has 1 aromatic rings. The molecule has 108 valence electrons. The van der Waals surface area contributed by atoms with Gasteiger partial charge in [0.05, 0.1) is 11.3 Å². The Bertz CT molecular complexity index is 660. The third-order valence-electron chi connectivity index (χ3n) is 3.68. The van der Waals surface area contributed by atoms with E-state index >= 15 is 0 Å². The van der Waals surface area contributed by atoms with Crippen LogP contribution in [0.4, 0.5) is 4.79 Å². The molecule has 0 unspecified atom stereocenters. The van der Waals surface area contributed by atoms with E-state index in [9.17, 15) is 14.4 Å². The first kappa shape index (κ1) is 13.3. The number of piperazine rings is 1. The summed E-state index contributed by atoms with van der Waals surface area (Å²) in [6.45, 7) is 1.42. The Labute approximate surface area is 120 Å². The number of pyridine rings is 1. The van der Waals surface area contributed by atoms with Crippen molar-refractivity contribution in [1.29, 1.82) is 0 Å². The van der Waals surface area contributed by atoms with Crippen molar-refractivity contribution < 1.29 is 19.5 Å². The van der Waals surface area contributed by atoms with E-state index in [1.54, 1.807) is 17.0 Å². The van der Waals surface area contributed by atoms with Crippen LogP contribution in [-0.2, 0) is 0 Å². The van der Waals surface area contributed by atoms with Crippen molar-refractivity contribution in [3.63, 3.8) is 0 Å². The quantitative estimate of drug-likeness (QED) is 0.815. The molecule has 2 aliphatic rings. The second-order valence-corrected chi connectivity index (χ2v) is 4.88. The molecule has 0 radical (unpaired) electrons. The van der Waals surface area contributed by atoms with Crippen molar-refractivity contribution >= 4 is 17.7 Å². The molecule has 1 fully saturated rings. The monoisotopic (exact) mass is 287 g/mol. The standard InChI is InChI=1S/C14H13N3O4/c18-11-8-10(13(19)9-2-1-3-15-12(9)11)16-4-6-17(7-5-16)14(20)21/h1-3,8H,4-7H2,(H,20,21). The van der Waals surface area contributed by atoms with Gasteiger partial charge in [0, 0.05) is 38.5 Å². The molecule has 3 rings (SSSR count). The molecule has 2 heterocycles. The first-order chi connectivity index (χ1) is 10.1. The van der Waals surface area contributed by atoms with Crippen LogP contribution in [0.5, 0.6) is 0 Å². The summed E-state index contributed by atoms with van der Waals surface area (Å²) in [6.07, 6.45) is 1.81. The van der Waals surface area contributed by atoms with Crippen LogP contribution in [-0.4, -0.2) is 63.7 Å². The maximum Gasteiger partial charge on any atom is 0.407 e. The summed E-state index contributed by atoms with van der Waals surface area (Å²) < 4.78 is 0. The normalized spacial score (nSPS) is 18.4. The molecule has 1 saturated heterocycles. The van der Waals surface area contributed by atoms with Gasteiger partial charge in [-0.1, -0.05) is 0 Å². The zero-order valence-corrected chi connectivity index (χ0v) is 11.2. The van der Waals surface area contributed by atoms with E-state index in [0.29, 0.717) is 37.4 Å². The Balaban J connectivity index is 1.83. The highest BCUT2D eigenvalue weighted by Crippen LogP contribution is 2.22. The van der Waals surface area contributed by atoms with Gasteiger partial charge in [-0.25, -0.2) is 4.79 Å². The van der Waals surface area contributed by atoms with E-state index < -0.39 is 6.09 Å². The number of fused-ring (bicyclic) bond motifs is 1. The minimum absolute atomic E-state index is 0.176. The van der Waals surface area contributed by atoms with Crippen LogP contribution in [0.1, 0.15) is 20.8 Å². The highest BCUT2D eigenvalue weighted by molar-refractivity contribution is 6.23. The van der Waals surface area contributed by atoms with E-state index in [2.05, 4.69) is 4.98 Å². The molecular formula is C14H13N3O4. The van der Waals surface area contributed by atoms with Crippen molar-refractivity contribution in [3.8, 4) is 0 Å². The van der Waals surface area contributed by atoms with Gasteiger partial charge in [0.15, 0.2) is 0 Å². The Morgan fingerprint density at radius 3 is 2.57 bits per heavy atom. The molecule has 1 aliphatic heterocycles. The molecule has 1 N–H and O–H groups in total. The molecule has 0 bridgehead atoms. The second kappa shape index (κ2) is 5.01. The summed E-state index contributed by atoms with van der Waals surface area (Å²) in [5, 5.41) is 8.92. The number of aromatic nitrogens is 1. The SMILES string of the molecule is O=C1C(N2CCN(C(=O)O)CC2)=CC(=O)c2ncccc21. The molecule has 0 spiro atoms. The molecule has 7 heteroatoms. The van der Waals surface area contributed by atoms with Crippen LogP contribution >= 0.6 is 0 Å². The number of ketones is 2. The Hall–Kier alpha value is -2.70. The Morgan fingerprint density at radius 2 is 1.90 bits per heavy atom. The smallest absolute Gasteiger partial charge is 0.407 e. The molecule has 1 aromatic heterocycles. The van der Waals surface area contributed by atoms with Gasteiger partial charge < -0.3 is 14.9 Å². The van der Waals surface area contributed by atoms with Crippen molar-refractivity contribution in [1.82, 2.24) is 14.8 Å². The van der Waals surface area contributed by atoms with E-state index in [1.807, 2.05) is 0 Å². The number of amides is 1. The van der Waals surface area contributed by atoms with Crippen LogP contribution < -0.4 is 0 Å². The lowest BCUT2D eigenvalue weighted by Crippen LogP contribution is -2.49. The number of carbonyl (C=O) groups excluding carboxylic acids is 2. The number of carbonyl (C=O) groups is 3. The lowest BCUT2D eigenvalue weighted by molar-refractivity contribution is 0.0899. The van der Waals surface area contributed by atoms with Gasteiger partial charge in [0.25, 0.3) is 0 Å². The molecular weight excluding hydrogens is 274 g/mol. The first-order valence-electron chi connectivity index (χ1n) is 6.56. The topological polar surface area (TPSA) is 90.8 Å². The third kappa shape index (κ3) is 2.26. The average molecular weight is 287 g/mol. The van der Waals surface area contributed by atoms with Crippen molar-refractivity contribution in [2.24, 2.45) is 0 Å². The number of Topliss-reactive ketones (excluding diaryl/α,β-unsaturated/α-hetero) is 1. The molecule has 0 saturated carbocycles. The summed E-state index contributed by atoms with van der Waals surface area (Å²) in [5.41, 5.74) is 0.807. The Kier molecular flexibility index (Phi) is 3.17. The molecule has 0 atom stereocenters. The van der Waals surface area contributed by atoms with Crippen LogP contribution in [0.25, 0.3) is 0 Å². The largest absolute Gasteiger partial charge is 0.465 e. The summed E-state index contributed by atoms with van der Waals surface area (Å²) in [7, 11) is 0. The van der Waals surface area contributed by atoms with Crippen molar-refractivity contribution in [3.05, 3.63) is 41.4 Å². The third-order valence-corrected chi connectivity index (χ3v) is 3.68. The molecule has 21 heavy (non-hydrogen) atoms. The Morgan fingerprint density at radius 1 is 1.19 bits per heavy atom. The maximum absolute atomic E-state index is 12.4. The van der Waals surface area contributed by atoms with Gasteiger partial charge in [0.1, 0.15) is 5.69 Å². The van der Waals surface area contributed by atoms with E-state index in [-0.39, 0.29) is 17.3 Å². The van der Waals surface area contributed by atoms with Crippen molar-refractivity contribution in [2.45, 2.75) is 0 Å². The van der Waals surface area contributed by atoms with Crippen LogP contribution in [0, 0.1) is 0 Å². The second-order valence-electron chi connectivity index (χ2n) is 4.88. The van der Waals surface area contributed by atoms with Crippen molar-refractivity contribution in [2.75, 3.05) is 26.2 Å². The molecule has 0 aromatic carbocycles. The lowest BCUT2D eigenvalue weighted by Gasteiger charge is -2.36. The molecule has 1 aliphatic carbocycles. The zero-order chi connectivity index (χ0) is 15.0. The van der Waals surface area contributed by atoms with E-state index in [4.69, 9.17) is 5.11 Å². The minimum Gasteiger partial charge on any atom is -0.465 e. The predicted octanol–water partition coefficient (Wildman–Crippen LogP) is 0.640. The van der Waals surface area contributed by atoms with Gasteiger partial charge in [-0.3, -0.25) is 14.6 Å². The fourth-order valence-electron chi connectivity index (χ4n) is 2.55. The van der Waals surface area contributed by atoms with Gasteiger partial charge in [0.2, 0.25) is 11.6 Å². The number of carboxylic acid groups (broad SMARTS) is 1. The average Bonchev–Trinajstić information content (AvgIpc) is 2.51. The minimum atomic E-state index is -0.968. The number of hydrogen-bond donors (Lipinski definition) is 1. The maximum atomic E-state index is 12.4. The highest BCUT2D eigenvalue weighted by atomic mass is 16.4. The van der Waals surface area contributed by atoms with E-state index in [1.165, 1.54) is 17.2 Å². The number of rotatable bonds is 1. The first-order valence-corrected chi connectivity index (χ1v) is 6.56. The van der Waals surface area contributed by atoms with Gasteiger partial charge in [-0.2, -0.15) is 0 Å². The van der Waals surface area contributed by atoms with Crippen LogP contribution in [0.15, 0.2) is 30.1 Å². The van der Waals surface area contributed by atoms with E-state index in [0.717, 1.165) is 0 Å². The fraction of sp³-hybridized carbons (Fsp3) is 0.286. The summed E-state index contributed by atoms with van der Waals surface area (Å²) in [4.78, 5) is 42.4. The highest BCUT2D eigenvalue weighted by Gasteiger charge is 2.31. The van der Waals surface area contributed by atoms with Gasteiger partial charge in [-0.05, 0) is 12.1 Å². The summed E-state index contributed by atoms with van der Waals surface area (Å²) >= 11 is 0. The van der Waals surface area contributed by atoms with Crippen LogP contribution in [0.2, 0.25) is 0 Å². The lowest BCUT2D eigenvalue weighted by atomic mass is 9.96. The molecule has 1 amide bonds. The zero-order valence-electron chi connectivity index (χ0n) is 11.2. The van der Waals surface area contributed by atoms with Gasteiger partial charge >= 0.3 is 6.09 Å². The number of allylic oxidation sites excluding steroid dienone is 2. The molecule has 7 nitrogen and oxygen atoms in total. The van der Waals surface area contributed by atoms with Crippen LogP contribution in [0.3, 0.4) is 0 Å².